The number of benzene rings is 2. The summed E-state index contributed by atoms with van der Waals surface area (Å²) in [5.74, 6) is 0.924. The van der Waals surface area contributed by atoms with Gasteiger partial charge >= 0.3 is 0 Å². The highest BCUT2D eigenvalue weighted by Gasteiger charge is 2.22. The number of nitrogens with zero attached hydrogens (tertiary/aromatic N) is 2. The van der Waals surface area contributed by atoms with Gasteiger partial charge in [0.2, 0.25) is 11.8 Å². The maximum absolute atomic E-state index is 6.21. The SMILES string of the molecule is CC(C)(C)c1cc(-c2nnc(/C=C/c3ccc(Cl)cc3Cl)o2)cc(C(C)(C)C)c1. The Hall–Kier alpha value is -2.10. The Bertz CT molecular complexity index is 1020. The molecule has 0 fully saturated rings. The average molecular weight is 429 g/mol. The number of aromatic nitrogens is 2. The average Bonchev–Trinajstić information content (AvgIpc) is 3.08. The molecule has 2 aromatic carbocycles. The molecular formula is C24H26Cl2N2O. The summed E-state index contributed by atoms with van der Waals surface area (Å²) in [6.07, 6.45) is 3.59. The first-order chi connectivity index (χ1) is 13.4. The Morgan fingerprint density at radius 2 is 1.41 bits per heavy atom. The van der Waals surface area contributed by atoms with Crippen molar-refractivity contribution < 1.29 is 4.42 Å². The predicted molar refractivity (Wildman–Crippen MR) is 123 cm³/mol. The normalized spacial score (nSPS) is 12.7. The molecule has 0 spiro atoms. The third-order valence-corrected chi connectivity index (χ3v) is 5.28. The van der Waals surface area contributed by atoms with Gasteiger partial charge < -0.3 is 4.42 Å². The van der Waals surface area contributed by atoms with Crippen molar-refractivity contribution in [2.24, 2.45) is 0 Å². The summed E-state index contributed by atoms with van der Waals surface area (Å²) in [4.78, 5) is 0. The molecule has 0 unspecified atom stereocenters. The summed E-state index contributed by atoms with van der Waals surface area (Å²) in [7, 11) is 0. The van der Waals surface area contributed by atoms with Crippen LogP contribution in [0.15, 0.2) is 40.8 Å². The number of halogens is 2. The van der Waals surface area contributed by atoms with E-state index in [1.165, 1.54) is 11.1 Å². The highest BCUT2D eigenvalue weighted by molar-refractivity contribution is 6.35. The summed E-state index contributed by atoms with van der Waals surface area (Å²) in [5, 5.41) is 9.59. The highest BCUT2D eigenvalue weighted by Crippen LogP contribution is 2.33. The van der Waals surface area contributed by atoms with Gasteiger partial charge in [-0.2, -0.15) is 0 Å². The zero-order valence-electron chi connectivity index (χ0n) is 17.7. The van der Waals surface area contributed by atoms with Crippen LogP contribution in [0.2, 0.25) is 10.0 Å². The van der Waals surface area contributed by atoms with E-state index in [-0.39, 0.29) is 10.8 Å². The van der Waals surface area contributed by atoms with Gasteiger partial charge in [0.25, 0.3) is 0 Å². The van der Waals surface area contributed by atoms with Crippen LogP contribution >= 0.6 is 23.2 Å². The number of hydrogen-bond acceptors (Lipinski definition) is 3. The molecule has 0 radical (unpaired) electrons. The molecule has 0 aliphatic carbocycles. The minimum atomic E-state index is 0.0180. The molecule has 1 aromatic heterocycles. The summed E-state index contributed by atoms with van der Waals surface area (Å²) < 4.78 is 5.91. The third-order valence-electron chi connectivity index (χ3n) is 4.72. The van der Waals surface area contributed by atoms with E-state index in [9.17, 15) is 0 Å². The monoisotopic (exact) mass is 428 g/mol. The maximum atomic E-state index is 6.21. The van der Waals surface area contributed by atoms with E-state index in [2.05, 4.69) is 69.9 Å². The molecule has 0 saturated carbocycles. The lowest BCUT2D eigenvalue weighted by Crippen LogP contribution is -2.16. The van der Waals surface area contributed by atoms with Gasteiger partial charge in [-0.25, -0.2) is 0 Å². The van der Waals surface area contributed by atoms with Crippen molar-refractivity contribution in [1.82, 2.24) is 10.2 Å². The van der Waals surface area contributed by atoms with Crippen molar-refractivity contribution in [2.75, 3.05) is 0 Å². The Morgan fingerprint density at radius 3 is 1.97 bits per heavy atom. The molecule has 152 valence electrons. The first kappa shape index (κ1) is 21.6. The summed E-state index contributed by atoms with van der Waals surface area (Å²) in [5.41, 5.74) is 4.28. The molecule has 0 aliphatic rings. The molecule has 1 heterocycles. The molecule has 3 aromatic rings. The van der Waals surface area contributed by atoms with Crippen molar-refractivity contribution in [3.8, 4) is 11.5 Å². The van der Waals surface area contributed by atoms with Gasteiger partial charge in [-0.15, -0.1) is 10.2 Å². The van der Waals surface area contributed by atoms with Gasteiger partial charge in [0.15, 0.2) is 0 Å². The maximum Gasteiger partial charge on any atom is 0.248 e. The van der Waals surface area contributed by atoms with Crippen molar-refractivity contribution in [2.45, 2.75) is 52.4 Å². The van der Waals surface area contributed by atoms with Crippen LogP contribution in [-0.4, -0.2) is 10.2 Å². The van der Waals surface area contributed by atoms with Crippen molar-refractivity contribution >= 4 is 35.4 Å². The van der Waals surface area contributed by atoms with Crippen LogP contribution in [0.4, 0.5) is 0 Å². The van der Waals surface area contributed by atoms with Crippen LogP contribution < -0.4 is 0 Å². The molecule has 0 N–H and O–H groups in total. The third kappa shape index (κ3) is 5.29. The zero-order valence-corrected chi connectivity index (χ0v) is 19.2. The molecule has 0 aliphatic heterocycles. The molecule has 3 rings (SSSR count). The Kier molecular flexibility index (Phi) is 5.93. The lowest BCUT2D eigenvalue weighted by molar-refractivity contribution is 0.552. The predicted octanol–water partition coefficient (Wildman–Crippen LogP) is 7.81. The largest absolute Gasteiger partial charge is 0.417 e. The Balaban J connectivity index is 1.96. The molecule has 0 bridgehead atoms. The van der Waals surface area contributed by atoms with E-state index in [1.807, 2.05) is 12.1 Å². The number of rotatable bonds is 3. The van der Waals surface area contributed by atoms with Gasteiger partial charge in [-0.3, -0.25) is 0 Å². The van der Waals surface area contributed by atoms with Crippen LogP contribution in [0.25, 0.3) is 23.6 Å². The van der Waals surface area contributed by atoms with Crippen LogP contribution in [0.5, 0.6) is 0 Å². The van der Waals surface area contributed by atoms with E-state index >= 15 is 0 Å². The smallest absolute Gasteiger partial charge is 0.248 e. The summed E-state index contributed by atoms with van der Waals surface area (Å²) in [6.45, 7) is 13.2. The molecule has 0 atom stereocenters. The van der Waals surface area contributed by atoms with E-state index in [0.717, 1.165) is 11.1 Å². The van der Waals surface area contributed by atoms with E-state index in [0.29, 0.717) is 21.8 Å². The van der Waals surface area contributed by atoms with Gasteiger partial charge in [-0.05, 0) is 57.9 Å². The molecule has 3 nitrogen and oxygen atoms in total. The quantitative estimate of drug-likeness (QED) is 0.426. The number of hydrogen-bond donors (Lipinski definition) is 0. The van der Waals surface area contributed by atoms with Gasteiger partial charge in [0.1, 0.15) is 0 Å². The minimum Gasteiger partial charge on any atom is -0.417 e. The van der Waals surface area contributed by atoms with E-state index < -0.39 is 0 Å². The van der Waals surface area contributed by atoms with Crippen molar-refractivity contribution in [3.05, 3.63) is 69.0 Å². The minimum absolute atomic E-state index is 0.0180. The van der Waals surface area contributed by atoms with E-state index in [1.54, 1.807) is 18.2 Å². The van der Waals surface area contributed by atoms with Crippen LogP contribution in [0, 0.1) is 0 Å². The molecular weight excluding hydrogens is 403 g/mol. The standard InChI is InChI=1S/C24H26Cl2N2O/c1-23(2,3)17-11-16(12-18(13-17)24(4,5)6)22-28-27-21(29-22)10-8-15-7-9-19(25)14-20(15)26/h7-14H,1-6H3/b10-8+. The van der Waals surface area contributed by atoms with Gasteiger partial charge in [0.05, 0.1) is 0 Å². The van der Waals surface area contributed by atoms with Crippen molar-refractivity contribution in [3.63, 3.8) is 0 Å². The first-order valence-electron chi connectivity index (χ1n) is 9.56. The zero-order chi connectivity index (χ0) is 21.4. The molecule has 5 heteroatoms. The van der Waals surface area contributed by atoms with Gasteiger partial charge in [0, 0.05) is 21.7 Å². The highest BCUT2D eigenvalue weighted by atomic mass is 35.5. The van der Waals surface area contributed by atoms with Crippen LogP contribution in [-0.2, 0) is 10.8 Å². The van der Waals surface area contributed by atoms with Crippen LogP contribution in [0.1, 0.15) is 64.1 Å². The topological polar surface area (TPSA) is 38.9 Å². The fraction of sp³-hybridized carbons (Fsp3) is 0.333. The fourth-order valence-electron chi connectivity index (χ4n) is 2.83. The lowest BCUT2D eigenvalue weighted by Gasteiger charge is -2.25. The van der Waals surface area contributed by atoms with Crippen molar-refractivity contribution in [1.29, 1.82) is 0 Å². The summed E-state index contributed by atoms with van der Waals surface area (Å²) in [6, 6.07) is 11.9. The molecule has 0 amide bonds. The van der Waals surface area contributed by atoms with Gasteiger partial charge in [-0.1, -0.05) is 76.9 Å². The van der Waals surface area contributed by atoms with E-state index in [4.69, 9.17) is 27.6 Å². The lowest BCUT2D eigenvalue weighted by atomic mass is 9.79. The Morgan fingerprint density at radius 1 is 0.793 bits per heavy atom. The second-order valence-electron chi connectivity index (χ2n) is 9.24. The van der Waals surface area contributed by atoms with Crippen LogP contribution in [0.3, 0.4) is 0 Å². The second kappa shape index (κ2) is 7.97. The summed E-state index contributed by atoms with van der Waals surface area (Å²) >= 11 is 12.2. The molecule has 0 saturated heterocycles. The first-order valence-corrected chi connectivity index (χ1v) is 10.3. The second-order valence-corrected chi connectivity index (χ2v) is 10.1. The molecule has 29 heavy (non-hydrogen) atoms. The Labute approximate surface area is 182 Å². The fourth-order valence-corrected chi connectivity index (χ4v) is 3.30.